The third kappa shape index (κ3) is 1.93. The summed E-state index contributed by atoms with van der Waals surface area (Å²) in [4.78, 5) is 16.8. The number of aromatic nitrogens is 2. The van der Waals surface area contributed by atoms with Gasteiger partial charge < -0.3 is 5.11 Å². The van der Waals surface area contributed by atoms with Crippen molar-refractivity contribution in [1.82, 2.24) is 9.55 Å². The van der Waals surface area contributed by atoms with Gasteiger partial charge in [0.2, 0.25) is 0 Å². The lowest BCUT2D eigenvalue weighted by molar-refractivity contribution is 0.221. The molecule has 0 spiro atoms. The molecule has 2 heterocycles. The SMILES string of the molecule is CC(CO)Cn1cnc2sccc2c1=O. The molecule has 4 nitrogen and oxygen atoms in total. The number of fused-ring (bicyclic) bond motifs is 1. The minimum absolute atomic E-state index is 0.0263. The van der Waals surface area contributed by atoms with E-state index in [0.717, 1.165) is 4.83 Å². The zero-order valence-electron chi connectivity index (χ0n) is 8.38. The van der Waals surface area contributed by atoms with Crippen LogP contribution in [0.2, 0.25) is 0 Å². The Morgan fingerprint density at radius 2 is 2.47 bits per heavy atom. The molecule has 2 rings (SSSR count). The molecule has 1 atom stereocenters. The van der Waals surface area contributed by atoms with Gasteiger partial charge in [-0.25, -0.2) is 4.98 Å². The maximum Gasteiger partial charge on any atom is 0.262 e. The highest BCUT2D eigenvalue weighted by Crippen LogP contribution is 2.13. The first-order valence-electron chi connectivity index (χ1n) is 4.76. The smallest absolute Gasteiger partial charge is 0.262 e. The van der Waals surface area contributed by atoms with Crippen LogP contribution >= 0.6 is 11.3 Å². The van der Waals surface area contributed by atoms with E-state index in [9.17, 15) is 4.79 Å². The molecule has 15 heavy (non-hydrogen) atoms. The molecule has 1 N–H and O–H groups in total. The molecule has 0 radical (unpaired) electrons. The fourth-order valence-corrected chi connectivity index (χ4v) is 2.14. The van der Waals surface area contributed by atoms with Crippen molar-refractivity contribution in [3.05, 3.63) is 28.1 Å². The zero-order valence-corrected chi connectivity index (χ0v) is 9.20. The standard InChI is InChI=1S/C10H12N2O2S/c1-7(5-13)4-12-6-11-9-8(10(12)14)2-3-15-9/h2-3,6-7,13H,4-5H2,1H3. The second kappa shape index (κ2) is 4.12. The fourth-order valence-electron chi connectivity index (χ4n) is 1.42. The lowest BCUT2D eigenvalue weighted by atomic mass is 10.2. The number of hydrogen-bond donors (Lipinski definition) is 1. The van der Waals surface area contributed by atoms with E-state index in [0.29, 0.717) is 11.9 Å². The molecule has 0 saturated carbocycles. The highest BCUT2D eigenvalue weighted by atomic mass is 32.1. The molecule has 80 valence electrons. The van der Waals surface area contributed by atoms with E-state index in [1.807, 2.05) is 12.3 Å². The van der Waals surface area contributed by atoms with Gasteiger partial charge in [0.15, 0.2) is 0 Å². The van der Waals surface area contributed by atoms with Crippen molar-refractivity contribution in [1.29, 1.82) is 0 Å². The molecule has 0 aliphatic heterocycles. The molecule has 0 aliphatic carbocycles. The largest absolute Gasteiger partial charge is 0.396 e. The van der Waals surface area contributed by atoms with Crippen LogP contribution in [0.25, 0.3) is 10.2 Å². The maximum atomic E-state index is 11.9. The minimum atomic E-state index is -0.0263. The summed E-state index contributed by atoms with van der Waals surface area (Å²) >= 11 is 1.46. The van der Waals surface area contributed by atoms with E-state index in [1.165, 1.54) is 11.3 Å². The van der Waals surface area contributed by atoms with Gasteiger partial charge in [-0.1, -0.05) is 6.92 Å². The predicted octanol–water partition coefficient (Wildman–Crippen LogP) is 1.09. The van der Waals surface area contributed by atoms with Crippen molar-refractivity contribution in [3.8, 4) is 0 Å². The van der Waals surface area contributed by atoms with Gasteiger partial charge >= 0.3 is 0 Å². The first-order chi connectivity index (χ1) is 7.22. The van der Waals surface area contributed by atoms with Crippen molar-refractivity contribution in [2.24, 2.45) is 5.92 Å². The highest BCUT2D eigenvalue weighted by molar-refractivity contribution is 7.16. The summed E-state index contributed by atoms with van der Waals surface area (Å²) in [6, 6.07) is 1.79. The van der Waals surface area contributed by atoms with Crippen LogP contribution in [0.1, 0.15) is 6.92 Å². The molecule has 0 amide bonds. The fraction of sp³-hybridized carbons (Fsp3) is 0.400. The number of rotatable bonds is 3. The summed E-state index contributed by atoms with van der Waals surface area (Å²) in [7, 11) is 0. The lowest BCUT2D eigenvalue weighted by Crippen LogP contribution is -2.24. The monoisotopic (exact) mass is 224 g/mol. The third-order valence-electron chi connectivity index (χ3n) is 2.27. The van der Waals surface area contributed by atoms with E-state index in [-0.39, 0.29) is 18.1 Å². The molecule has 0 aliphatic rings. The van der Waals surface area contributed by atoms with Crippen LogP contribution in [0.3, 0.4) is 0 Å². The Bertz CT molecular complexity index is 517. The van der Waals surface area contributed by atoms with Gasteiger partial charge in [0.25, 0.3) is 5.56 Å². The van der Waals surface area contributed by atoms with Gasteiger partial charge in [-0.05, 0) is 17.4 Å². The van der Waals surface area contributed by atoms with Crippen molar-refractivity contribution in [2.75, 3.05) is 6.61 Å². The Morgan fingerprint density at radius 1 is 1.67 bits per heavy atom. The second-order valence-corrected chi connectivity index (χ2v) is 4.52. The van der Waals surface area contributed by atoms with Crippen LogP contribution in [0.5, 0.6) is 0 Å². The molecule has 0 bridgehead atoms. The summed E-state index contributed by atoms with van der Waals surface area (Å²) in [5.74, 6) is 0.0700. The Morgan fingerprint density at radius 3 is 3.20 bits per heavy atom. The number of thiophene rings is 1. The Kier molecular flexibility index (Phi) is 2.83. The molecule has 0 saturated heterocycles. The van der Waals surface area contributed by atoms with Gasteiger partial charge in [0, 0.05) is 13.2 Å². The summed E-state index contributed by atoms with van der Waals surface area (Å²) in [5.41, 5.74) is -0.0263. The molecule has 0 aromatic carbocycles. The maximum absolute atomic E-state index is 11.9. The predicted molar refractivity (Wildman–Crippen MR) is 60.1 cm³/mol. The van der Waals surface area contributed by atoms with E-state index in [1.54, 1.807) is 17.0 Å². The molecule has 2 aromatic heterocycles. The topological polar surface area (TPSA) is 55.1 Å². The normalized spacial score (nSPS) is 13.2. The van der Waals surface area contributed by atoms with Crippen molar-refractivity contribution < 1.29 is 5.11 Å². The summed E-state index contributed by atoms with van der Waals surface area (Å²) < 4.78 is 1.55. The number of aliphatic hydroxyl groups excluding tert-OH is 1. The van der Waals surface area contributed by atoms with Gasteiger partial charge in [0.05, 0.1) is 11.7 Å². The van der Waals surface area contributed by atoms with Gasteiger partial charge in [-0.2, -0.15) is 0 Å². The molecular weight excluding hydrogens is 212 g/mol. The highest BCUT2D eigenvalue weighted by Gasteiger charge is 2.07. The number of nitrogens with zero attached hydrogens (tertiary/aromatic N) is 2. The van der Waals surface area contributed by atoms with Crippen LogP contribution < -0.4 is 5.56 Å². The van der Waals surface area contributed by atoms with E-state index >= 15 is 0 Å². The second-order valence-electron chi connectivity index (χ2n) is 3.63. The summed E-state index contributed by atoms with van der Waals surface area (Å²) in [5, 5.41) is 11.4. The van der Waals surface area contributed by atoms with Crippen molar-refractivity contribution in [2.45, 2.75) is 13.5 Å². The summed E-state index contributed by atoms with van der Waals surface area (Å²) in [6.45, 7) is 2.48. The molecular formula is C10H12N2O2S. The minimum Gasteiger partial charge on any atom is -0.396 e. The zero-order chi connectivity index (χ0) is 10.8. The van der Waals surface area contributed by atoms with Gasteiger partial charge in [-0.15, -0.1) is 11.3 Å². The van der Waals surface area contributed by atoms with E-state index < -0.39 is 0 Å². The first kappa shape index (κ1) is 10.3. The molecule has 1 unspecified atom stereocenters. The first-order valence-corrected chi connectivity index (χ1v) is 5.64. The van der Waals surface area contributed by atoms with E-state index in [2.05, 4.69) is 4.98 Å². The van der Waals surface area contributed by atoms with Crippen molar-refractivity contribution in [3.63, 3.8) is 0 Å². The van der Waals surface area contributed by atoms with Crippen molar-refractivity contribution >= 4 is 21.6 Å². The van der Waals surface area contributed by atoms with Crippen LogP contribution in [0.4, 0.5) is 0 Å². The van der Waals surface area contributed by atoms with Crippen LogP contribution in [-0.2, 0) is 6.54 Å². The van der Waals surface area contributed by atoms with Crippen LogP contribution in [-0.4, -0.2) is 21.3 Å². The quantitative estimate of drug-likeness (QED) is 0.849. The Labute approximate surface area is 90.8 Å². The molecule has 0 fully saturated rings. The third-order valence-corrected chi connectivity index (χ3v) is 3.09. The lowest BCUT2D eigenvalue weighted by Gasteiger charge is -2.09. The number of hydrogen-bond acceptors (Lipinski definition) is 4. The Hall–Kier alpha value is -1.20. The van der Waals surface area contributed by atoms with Gasteiger partial charge in [0.1, 0.15) is 4.83 Å². The van der Waals surface area contributed by atoms with Gasteiger partial charge in [-0.3, -0.25) is 9.36 Å². The Balaban J connectivity index is 2.44. The van der Waals surface area contributed by atoms with Crippen LogP contribution in [0.15, 0.2) is 22.6 Å². The van der Waals surface area contributed by atoms with E-state index in [4.69, 9.17) is 5.11 Å². The average Bonchev–Trinajstić information content (AvgIpc) is 2.70. The average molecular weight is 224 g/mol. The molecule has 5 heteroatoms. The summed E-state index contributed by atoms with van der Waals surface area (Å²) in [6.07, 6.45) is 1.55. The number of aliphatic hydroxyl groups is 1. The molecule has 2 aromatic rings. The van der Waals surface area contributed by atoms with Crippen LogP contribution in [0, 0.1) is 5.92 Å².